The summed E-state index contributed by atoms with van der Waals surface area (Å²) in [6.07, 6.45) is 13.5. The van der Waals surface area contributed by atoms with E-state index in [0.29, 0.717) is 34.4 Å². The second-order valence-electron chi connectivity index (χ2n) is 8.69. The summed E-state index contributed by atoms with van der Waals surface area (Å²) < 4.78 is 83.7. The number of aromatic nitrogens is 10. The maximum Gasteiger partial charge on any atom is 2.00 e. The van der Waals surface area contributed by atoms with Gasteiger partial charge in [0.1, 0.15) is 0 Å². The van der Waals surface area contributed by atoms with Crippen molar-refractivity contribution in [3.63, 3.8) is 0 Å². The second-order valence-corrected chi connectivity index (χ2v) is 10.2. The first kappa shape index (κ1) is 42.0. The van der Waals surface area contributed by atoms with Crippen molar-refractivity contribution in [2.24, 2.45) is 0 Å². The minimum atomic E-state index is -4.94. The summed E-state index contributed by atoms with van der Waals surface area (Å²) in [5.41, 5.74) is 0.775. The zero-order valence-corrected chi connectivity index (χ0v) is 28.3. The minimum Gasteiger partial charge on any atom is -0.465 e. The van der Waals surface area contributed by atoms with Crippen LogP contribution in [0.4, 0.5) is 0 Å². The van der Waals surface area contributed by atoms with Crippen LogP contribution in [0.2, 0.25) is 0 Å². The molecule has 6 aromatic heterocycles. The molecule has 25 heteroatoms. The Hall–Kier alpha value is -5.14. The molecule has 0 aliphatic rings. The third kappa shape index (κ3) is 14.7. The van der Waals surface area contributed by atoms with Crippen LogP contribution in [0.5, 0.6) is 0 Å². The van der Waals surface area contributed by atoms with Gasteiger partial charge in [0.2, 0.25) is 0 Å². The molecule has 51 heavy (non-hydrogen) atoms. The SMILES string of the molecule is COC(=O)c1cc(-n2cccn2)nc(-n2cccn2)c1.COC(=O)c1cc(-n2cccn2)nc(-n2cccn2)c1.[Fe+2].[O-][Cl+3]([O-])([O-])[O-].[O-][Cl+3]([O-])([O-])[O-]. The molecule has 0 aromatic carbocycles. The molecule has 0 saturated carbocycles. The number of carbonyl (C=O) groups excluding carboxylic acids is 2. The van der Waals surface area contributed by atoms with Crippen molar-refractivity contribution < 1.29 is 93.9 Å². The fourth-order valence-electron chi connectivity index (χ4n) is 3.56. The van der Waals surface area contributed by atoms with Crippen LogP contribution in [0.15, 0.2) is 98.1 Å². The van der Waals surface area contributed by atoms with Gasteiger partial charge in [-0.2, -0.15) is 20.4 Å². The van der Waals surface area contributed by atoms with Crippen molar-refractivity contribution in [3.05, 3.63) is 109 Å². The molecule has 0 atom stereocenters. The molecule has 6 heterocycles. The van der Waals surface area contributed by atoms with Crippen LogP contribution in [0.25, 0.3) is 23.3 Å². The smallest absolute Gasteiger partial charge is 0.465 e. The van der Waals surface area contributed by atoms with Crippen LogP contribution >= 0.6 is 0 Å². The van der Waals surface area contributed by atoms with E-state index in [1.807, 2.05) is 0 Å². The number of carbonyl (C=O) groups is 2. The fraction of sp³-hybridized carbons (Fsp3) is 0.0769. The van der Waals surface area contributed by atoms with Gasteiger partial charge >= 0.3 is 29.0 Å². The van der Waals surface area contributed by atoms with E-state index in [-0.39, 0.29) is 17.1 Å². The van der Waals surface area contributed by atoms with Crippen LogP contribution in [0.3, 0.4) is 0 Å². The number of hydrogen-bond acceptors (Lipinski definition) is 18. The fourth-order valence-corrected chi connectivity index (χ4v) is 3.56. The third-order valence-corrected chi connectivity index (χ3v) is 5.40. The summed E-state index contributed by atoms with van der Waals surface area (Å²) in [7, 11) is -7.21. The maximum atomic E-state index is 11.7. The van der Waals surface area contributed by atoms with Crippen LogP contribution in [0.1, 0.15) is 20.7 Å². The average Bonchev–Trinajstić information content (AvgIpc) is 3.89. The second kappa shape index (κ2) is 19.3. The quantitative estimate of drug-likeness (QED) is 0.112. The van der Waals surface area contributed by atoms with E-state index in [1.54, 1.807) is 117 Å². The minimum absolute atomic E-state index is 0. The molecule has 0 N–H and O–H groups in total. The van der Waals surface area contributed by atoms with Gasteiger partial charge in [0, 0.05) is 49.6 Å². The molecule has 0 aliphatic heterocycles. The Kier molecular flexibility index (Phi) is 15.9. The molecule has 6 rings (SSSR count). The molecule has 0 fully saturated rings. The molecule has 0 aliphatic carbocycles. The van der Waals surface area contributed by atoms with Gasteiger partial charge in [-0.05, 0) is 48.5 Å². The molecular formula is C26H22Cl2FeN10O12. The van der Waals surface area contributed by atoms with Gasteiger partial charge < -0.3 is 9.47 Å². The van der Waals surface area contributed by atoms with Crippen molar-refractivity contribution in [2.45, 2.75) is 0 Å². The van der Waals surface area contributed by atoms with E-state index < -0.39 is 32.4 Å². The first-order valence-electron chi connectivity index (χ1n) is 13.0. The number of methoxy groups -OCH3 is 2. The van der Waals surface area contributed by atoms with E-state index in [0.717, 1.165) is 0 Å². The number of ether oxygens (including phenoxy) is 2. The van der Waals surface area contributed by atoms with Crippen LogP contribution in [-0.2, 0) is 26.5 Å². The van der Waals surface area contributed by atoms with E-state index in [4.69, 9.17) is 46.7 Å². The standard InChI is InChI=1S/2C13H11N5O2.2ClHO4.Fe/c2*1-20-13(19)10-8-11(17-6-2-4-14-17)16-12(9-10)18-7-3-5-15-18;2*2-1(3,4)5;/h2*2-9H,1H3;2*(H,2,3,4,5);/q;;;;+2/p-2. The van der Waals surface area contributed by atoms with Gasteiger partial charge in [-0.15, -0.1) is 20.5 Å². The number of hydrogen-bond donors (Lipinski definition) is 0. The Balaban J connectivity index is 0.000000276. The third-order valence-electron chi connectivity index (χ3n) is 5.40. The number of rotatable bonds is 6. The van der Waals surface area contributed by atoms with Crippen LogP contribution < -0.4 is 37.3 Å². The van der Waals surface area contributed by atoms with Gasteiger partial charge in [-0.1, -0.05) is 0 Å². The summed E-state index contributed by atoms with van der Waals surface area (Å²) in [6, 6.07) is 13.6. The molecule has 0 unspecified atom stereocenters. The molecule has 270 valence electrons. The Morgan fingerprint density at radius 2 is 0.725 bits per heavy atom. The summed E-state index contributed by atoms with van der Waals surface area (Å²) in [4.78, 5) is 32.4. The molecule has 0 spiro atoms. The topological polar surface area (TPSA) is 334 Å². The Morgan fingerprint density at radius 1 is 0.510 bits per heavy atom. The van der Waals surface area contributed by atoms with Crippen LogP contribution in [0, 0.1) is 20.5 Å². The first-order chi connectivity index (χ1) is 23.6. The molecular weight excluding hydrogens is 771 g/mol. The number of esters is 2. The zero-order valence-electron chi connectivity index (χ0n) is 25.7. The van der Waals surface area contributed by atoms with Gasteiger partial charge in [-0.25, -0.2) is 75.6 Å². The molecule has 0 amide bonds. The number of nitrogens with zero attached hydrogens (tertiary/aromatic N) is 10. The maximum absolute atomic E-state index is 11.7. The van der Waals surface area contributed by atoms with Crippen LogP contribution in [-0.4, -0.2) is 75.2 Å². The molecule has 0 radical (unpaired) electrons. The summed E-state index contributed by atoms with van der Waals surface area (Å²) in [5, 5.41) is 16.4. The monoisotopic (exact) mass is 792 g/mol. The van der Waals surface area contributed by atoms with Crippen molar-refractivity contribution in [1.29, 1.82) is 0 Å². The predicted molar refractivity (Wildman–Crippen MR) is 140 cm³/mol. The van der Waals surface area contributed by atoms with Crippen molar-refractivity contribution >= 4 is 11.9 Å². The van der Waals surface area contributed by atoms with E-state index in [1.165, 1.54) is 14.2 Å². The Morgan fingerprint density at radius 3 is 0.882 bits per heavy atom. The van der Waals surface area contributed by atoms with E-state index in [2.05, 4.69) is 30.4 Å². The van der Waals surface area contributed by atoms with Crippen molar-refractivity contribution in [3.8, 4) is 23.3 Å². The normalized spacial score (nSPS) is 10.5. The summed E-state index contributed by atoms with van der Waals surface area (Å²) >= 11 is 0. The predicted octanol–water partition coefficient (Wildman–Crippen LogP) is -7.04. The Bertz CT molecular complexity index is 1660. The summed E-state index contributed by atoms with van der Waals surface area (Å²) in [6.45, 7) is 0. The van der Waals surface area contributed by atoms with E-state index in [9.17, 15) is 9.59 Å². The molecule has 22 nitrogen and oxygen atoms in total. The van der Waals surface area contributed by atoms with Gasteiger partial charge in [0.15, 0.2) is 23.3 Å². The van der Waals surface area contributed by atoms with Gasteiger partial charge in [-0.3, -0.25) is 0 Å². The molecule has 6 aromatic rings. The first-order valence-corrected chi connectivity index (χ1v) is 15.5. The molecule has 0 saturated heterocycles. The zero-order chi connectivity index (χ0) is 36.9. The van der Waals surface area contributed by atoms with Crippen molar-refractivity contribution in [1.82, 2.24) is 49.1 Å². The largest absolute Gasteiger partial charge is 2.00 e. The van der Waals surface area contributed by atoms with Gasteiger partial charge in [0.25, 0.3) is 0 Å². The van der Waals surface area contributed by atoms with Gasteiger partial charge in [0.05, 0.1) is 25.3 Å². The molecule has 0 bridgehead atoms. The average molecular weight is 793 g/mol. The number of pyridine rings is 2. The number of halogens is 2. The Labute approximate surface area is 300 Å². The summed E-state index contributed by atoms with van der Waals surface area (Å²) in [5.74, 6) is 1.20. The van der Waals surface area contributed by atoms with Crippen molar-refractivity contribution in [2.75, 3.05) is 14.2 Å². The van der Waals surface area contributed by atoms with E-state index >= 15 is 0 Å².